The lowest BCUT2D eigenvalue weighted by Crippen LogP contribution is -2.11. The van der Waals surface area contributed by atoms with Gasteiger partial charge in [-0.05, 0) is 25.1 Å². The van der Waals surface area contributed by atoms with Crippen molar-refractivity contribution in [3.05, 3.63) is 52.2 Å². The number of carbonyl (C=O) groups is 1. The number of aromatic nitrogens is 3. The molecule has 2 aromatic heterocycles. The highest BCUT2D eigenvalue weighted by Gasteiger charge is 2.37. The molecule has 1 N–H and O–H groups in total. The number of halogens is 6. The average Bonchev–Trinajstić information content (AvgIpc) is 3.19. The molecule has 0 aliphatic rings. The standard InChI is InChI=1S/C16H9F6N3O2S/c1-7-11(13(26)27)5-23-25(7)14-24-12(6-28-14)8-2-9(15(17,18)19)4-10(3-8)16(20,21)22/h2-6H,1H3,(H,26,27). The minimum atomic E-state index is -4.97. The van der Waals surface area contributed by atoms with Crippen LogP contribution in [-0.2, 0) is 12.4 Å². The molecule has 148 valence electrons. The molecule has 0 bridgehead atoms. The third-order valence-corrected chi connectivity index (χ3v) is 4.61. The van der Waals surface area contributed by atoms with Crippen molar-refractivity contribution in [1.82, 2.24) is 14.8 Å². The molecule has 3 aromatic rings. The maximum absolute atomic E-state index is 13.0. The van der Waals surface area contributed by atoms with E-state index in [2.05, 4.69) is 10.1 Å². The first-order valence-corrected chi connectivity index (χ1v) is 8.29. The summed E-state index contributed by atoms with van der Waals surface area (Å²) in [6, 6.07) is 1.19. The average molecular weight is 421 g/mol. The summed E-state index contributed by atoms with van der Waals surface area (Å²) >= 11 is 0.897. The van der Waals surface area contributed by atoms with E-state index in [9.17, 15) is 31.1 Å². The minimum Gasteiger partial charge on any atom is -0.478 e. The summed E-state index contributed by atoms with van der Waals surface area (Å²) in [5, 5.41) is 14.3. The van der Waals surface area contributed by atoms with Crippen LogP contribution in [0.2, 0.25) is 0 Å². The highest BCUT2D eigenvalue weighted by Crippen LogP contribution is 2.39. The van der Waals surface area contributed by atoms with Crippen LogP contribution < -0.4 is 0 Å². The second-order valence-corrected chi connectivity index (χ2v) is 6.51. The second kappa shape index (κ2) is 6.62. The molecule has 28 heavy (non-hydrogen) atoms. The van der Waals surface area contributed by atoms with Crippen LogP contribution in [0, 0.1) is 6.92 Å². The SMILES string of the molecule is Cc1c(C(=O)O)cnn1-c1nc(-c2cc(C(F)(F)F)cc(C(F)(F)F)c2)cs1. The Hall–Kier alpha value is -2.89. The molecular formula is C16H9F6N3O2S. The molecule has 0 unspecified atom stereocenters. The van der Waals surface area contributed by atoms with E-state index in [4.69, 9.17) is 5.11 Å². The highest BCUT2D eigenvalue weighted by atomic mass is 32.1. The van der Waals surface area contributed by atoms with Crippen LogP contribution in [0.4, 0.5) is 26.3 Å². The number of hydrogen-bond acceptors (Lipinski definition) is 4. The van der Waals surface area contributed by atoms with E-state index < -0.39 is 29.4 Å². The predicted octanol–water partition coefficient (Wildman–Crippen LogP) is 5.04. The Morgan fingerprint density at radius 1 is 1.07 bits per heavy atom. The lowest BCUT2D eigenvalue weighted by atomic mass is 10.0. The number of carboxylic acids is 1. The summed E-state index contributed by atoms with van der Waals surface area (Å²) in [6.07, 6.45) is -8.86. The molecule has 12 heteroatoms. The topological polar surface area (TPSA) is 68.0 Å². The van der Waals surface area contributed by atoms with Gasteiger partial charge in [-0.1, -0.05) is 0 Å². The van der Waals surface area contributed by atoms with Gasteiger partial charge in [0.25, 0.3) is 0 Å². The zero-order valence-electron chi connectivity index (χ0n) is 13.8. The first-order chi connectivity index (χ1) is 12.9. The van der Waals surface area contributed by atoms with Crippen molar-refractivity contribution < 1.29 is 36.2 Å². The monoisotopic (exact) mass is 421 g/mol. The maximum atomic E-state index is 13.0. The van der Waals surface area contributed by atoms with Crippen molar-refractivity contribution in [2.45, 2.75) is 19.3 Å². The van der Waals surface area contributed by atoms with Crippen molar-refractivity contribution in [3.63, 3.8) is 0 Å². The Balaban J connectivity index is 2.09. The Bertz CT molecular complexity index is 1020. The smallest absolute Gasteiger partial charge is 0.416 e. The van der Waals surface area contributed by atoms with E-state index in [0.29, 0.717) is 12.1 Å². The van der Waals surface area contributed by atoms with Gasteiger partial charge in [-0.15, -0.1) is 11.3 Å². The summed E-state index contributed by atoms with van der Waals surface area (Å²) < 4.78 is 79.1. The van der Waals surface area contributed by atoms with Gasteiger partial charge in [0.05, 0.1) is 28.7 Å². The molecule has 0 saturated carbocycles. The van der Waals surface area contributed by atoms with E-state index in [-0.39, 0.29) is 33.7 Å². The Labute approximate surface area is 156 Å². The fourth-order valence-corrected chi connectivity index (χ4v) is 3.25. The van der Waals surface area contributed by atoms with Gasteiger partial charge in [0.1, 0.15) is 5.56 Å². The first kappa shape index (κ1) is 19.9. The number of alkyl halides is 6. The van der Waals surface area contributed by atoms with Gasteiger partial charge >= 0.3 is 18.3 Å². The van der Waals surface area contributed by atoms with Crippen molar-refractivity contribution >= 4 is 17.3 Å². The Morgan fingerprint density at radius 3 is 2.11 bits per heavy atom. The van der Waals surface area contributed by atoms with Gasteiger partial charge in [0.15, 0.2) is 0 Å². The van der Waals surface area contributed by atoms with Gasteiger partial charge in [-0.25, -0.2) is 14.5 Å². The van der Waals surface area contributed by atoms with E-state index in [1.807, 2.05) is 0 Å². The van der Waals surface area contributed by atoms with Crippen molar-refractivity contribution in [1.29, 1.82) is 0 Å². The normalized spacial score (nSPS) is 12.4. The third-order valence-electron chi connectivity index (χ3n) is 3.80. The number of nitrogens with zero attached hydrogens (tertiary/aromatic N) is 3. The van der Waals surface area contributed by atoms with E-state index in [1.165, 1.54) is 12.3 Å². The number of hydrogen-bond donors (Lipinski definition) is 1. The number of rotatable bonds is 3. The predicted molar refractivity (Wildman–Crippen MR) is 86.4 cm³/mol. The maximum Gasteiger partial charge on any atom is 0.416 e. The zero-order valence-corrected chi connectivity index (χ0v) is 14.6. The highest BCUT2D eigenvalue weighted by molar-refractivity contribution is 7.12. The summed E-state index contributed by atoms with van der Waals surface area (Å²) in [4.78, 5) is 15.1. The molecule has 5 nitrogen and oxygen atoms in total. The molecule has 0 amide bonds. The molecule has 3 rings (SSSR count). The molecule has 0 saturated heterocycles. The molecule has 0 aliphatic carbocycles. The third kappa shape index (κ3) is 3.72. The van der Waals surface area contributed by atoms with E-state index in [0.717, 1.165) is 22.2 Å². The Morgan fingerprint density at radius 2 is 1.64 bits per heavy atom. The van der Waals surface area contributed by atoms with Gasteiger partial charge in [-0.3, -0.25) is 0 Å². The fraction of sp³-hybridized carbons (Fsp3) is 0.188. The van der Waals surface area contributed by atoms with Crippen LogP contribution in [0.25, 0.3) is 16.4 Å². The van der Waals surface area contributed by atoms with Gasteiger partial charge < -0.3 is 5.11 Å². The second-order valence-electron chi connectivity index (χ2n) is 5.67. The number of thiazole rings is 1. The summed E-state index contributed by atoms with van der Waals surface area (Å²) in [6.45, 7) is 1.45. The number of carboxylic acid groups (broad SMARTS) is 1. The molecular weight excluding hydrogens is 412 g/mol. The van der Waals surface area contributed by atoms with Gasteiger partial charge in [0, 0.05) is 10.9 Å². The molecule has 0 atom stereocenters. The largest absolute Gasteiger partial charge is 0.478 e. The molecule has 0 fully saturated rings. The van der Waals surface area contributed by atoms with Crippen molar-refractivity contribution in [3.8, 4) is 16.4 Å². The summed E-state index contributed by atoms with van der Waals surface area (Å²) in [5.74, 6) is -1.23. The molecule has 2 heterocycles. The minimum absolute atomic E-state index is 0.0353. The van der Waals surface area contributed by atoms with Crippen LogP contribution in [-0.4, -0.2) is 25.8 Å². The van der Waals surface area contributed by atoms with Crippen molar-refractivity contribution in [2.24, 2.45) is 0 Å². The van der Waals surface area contributed by atoms with Gasteiger partial charge in [0.2, 0.25) is 5.13 Å². The molecule has 0 aliphatic heterocycles. The van der Waals surface area contributed by atoms with Crippen LogP contribution in [0.15, 0.2) is 29.8 Å². The van der Waals surface area contributed by atoms with Crippen molar-refractivity contribution in [2.75, 3.05) is 0 Å². The summed E-state index contributed by atoms with van der Waals surface area (Å²) in [7, 11) is 0. The molecule has 0 radical (unpaired) electrons. The van der Waals surface area contributed by atoms with Crippen LogP contribution >= 0.6 is 11.3 Å². The lowest BCUT2D eigenvalue weighted by Gasteiger charge is -2.13. The Kier molecular flexibility index (Phi) is 4.69. The van der Waals surface area contributed by atoms with Crippen LogP contribution in [0.5, 0.6) is 0 Å². The lowest BCUT2D eigenvalue weighted by molar-refractivity contribution is -0.143. The van der Waals surface area contributed by atoms with Crippen LogP contribution in [0.3, 0.4) is 0 Å². The number of aromatic carboxylic acids is 1. The zero-order chi connectivity index (χ0) is 20.9. The van der Waals surface area contributed by atoms with E-state index >= 15 is 0 Å². The fourth-order valence-electron chi connectivity index (χ4n) is 2.41. The number of benzene rings is 1. The van der Waals surface area contributed by atoms with Gasteiger partial charge in [-0.2, -0.15) is 31.4 Å². The first-order valence-electron chi connectivity index (χ1n) is 7.41. The molecule has 0 spiro atoms. The summed E-state index contributed by atoms with van der Waals surface area (Å²) in [5.41, 5.74) is -3.27. The molecule has 1 aromatic carbocycles. The quantitative estimate of drug-likeness (QED) is 0.602. The van der Waals surface area contributed by atoms with E-state index in [1.54, 1.807) is 0 Å². The van der Waals surface area contributed by atoms with Crippen LogP contribution in [0.1, 0.15) is 27.2 Å².